The number of ether oxygens (including phenoxy) is 1. The summed E-state index contributed by atoms with van der Waals surface area (Å²) in [4.78, 5) is 35.9. The second kappa shape index (κ2) is 16.0. The Labute approximate surface area is 318 Å². The molecule has 0 aromatic heterocycles. The van der Waals surface area contributed by atoms with Gasteiger partial charge in [-0.15, -0.1) is 0 Å². The van der Waals surface area contributed by atoms with Crippen LogP contribution < -0.4 is 20.3 Å². The van der Waals surface area contributed by atoms with Crippen LogP contribution in [0.4, 0.5) is 5.69 Å². The number of amides is 2. The zero-order chi connectivity index (χ0) is 38.2. The molecule has 3 saturated carbocycles. The predicted molar refractivity (Wildman–Crippen MR) is 208 cm³/mol. The van der Waals surface area contributed by atoms with Crippen molar-refractivity contribution in [1.29, 1.82) is 0 Å². The fourth-order valence-electron chi connectivity index (χ4n) is 9.10. The number of rotatable bonds is 13. The summed E-state index contributed by atoms with van der Waals surface area (Å²) in [5, 5.41) is 29.7. The molecule has 3 aromatic carbocycles. The molecule has 3 aliphatic carbocycles. The number of aliphatic hydroxyl groups excluding tert-OH is 2. The van der Waals surface area contributed by atoms with Gasteiger partial charge in [0.25, 0.3) is 5.91 Å². The second-order valence-electron chi connectivity index (χ2n) is 16.0. The normalized spacial score (nSPS) is 26.7. The molecule has 1 aliphatic heterocycles. The third-order valence-corrected chi connectivity index (χ3v) is 12.5. The monoisotopic (exact) mass is 746 g/mol. The van der Waals surface area contributed by atoms with E-state index in [0.29, 0.717) is 58.2 Å². The van der Waals surface area contributed by atoms with E-state index in [0.717, 1.165) is 23.2 Å². The summed E-state index contributed by atoms with van der Waals surface area (Å²) in [6, 6.07) is 18.4. The molecular formula is C42H55ClN4O6. The quantitative estimate of drug-likeness (QED) is 0.175. The number of nitrogens with one attached hydrogen (secondary N) is 2. The van der Waals surface area contributed by atoms with Gasteiger partial charge in [-0.2, -0.15) is 5.06 Å². The molecule has 3 aromatic rings. The van der Waals surface area contributed by atoms with E-state index in [1.54, 1.807) is 31.2 Å². The average molecular weight is 747 g/mol. The van der Waals surface area contributed by atoms with Crippen molar-refractivity contribution >= 4 is 29.1 Å². The maximum absolute atomic E-state index is 14.3. The molecule has 0 radical (unpaired) electrons. The van der Waals surface area contributed by atoms with Crippen LogP contribution in [0, 0.1) is 29.1 Å². The summed E-state index contributed by atoms with van der Waals surface area (Å²) < 4.78 is 6.05. The van der Waals surface area contributed by atoms with Crippen LogP contribution in [0.25, 0.3) is 11.1 Å². The molecule has 0 spiro atoms. The van der Waals surface area contributed by atoms with Crippen molar-refractivity contribution in [2.45, 2.75) is 77.8 Å². The van der Waals surface area contributed by atoms with Gasteiger partial charge in [0.1, 0.15) is 17.9 Å². The van der Waals surface area contributed by atoms with Crippen LogP contribution >= 0.6 is 11.6 Å². The number of hydrogen-bond acceptors (Lipinski definition) is 8. The molecule has 286 valence electrons. The number of anilines is 1. The first kappa shape index (κ1) is 39.0. The van der Waals surface area contributed by atoms with Crippen molar-refractivity contribution in [3.05, 3.63) is 82.4 Å². The van der Waals surface area contributed by atoms with Gasteiger partial charge in [-0.3, -0.25) is 14.4 Å². The van der Waals surface area contributed by atoms with Crippen LogP contribution in [-0.2, 0) is 22.6 Å². The van der Waals surface area contributed by atoms with Gasteiger partial charge in [0.2, 0.25) is 5.91 Å². The number of halogens is 1. The van der Waals surface area contributed by atoms with Gasteiger partial charge in [0.15, 0.2) is 0 Å². The van der Waals surface area contributed by atoms with Crippen molar-refractivity contribution in [3.63, 3.8) is 0 Å². The van der Waals surface area contributed by atoms with Gasteiger partial charge in [0, 0.05) is 60.0 Å². The van der Waals surface area contributed by atoms with E-state index < -0.39 is 24.2 Å². The van der Waals surface area contributed by atoms with Gasteiger partial charge in [-0.05, 0) is 90.8 Å². The van der Waals surface area contributed by atoms with Crippen molar-refractivity contribution in [2.75, 3.05) is 39.3 Å². The summed E-state index contributed by atoms with van der Waals surface area (Å²) >= 11 is 6.80. The molecule has 7 rings (SSSR count). The maximum atomic E-state index is 14.3. The minimum atomic E-state index is -0.924. The molecule has 0 unspecified atom stereocenters. The maximum Gasteiger partial charge on any atom is 0.251 e. The van der Waals surface area contributed by atoms with Crippen molar-refractivity contribution in [1.82, 2.24) is 15.7 Å². The zero-order valence-electron chi connectivity index (χ0n) is 31.9. The summed E-state index contributed by atoms with van der Waals surface area (Å²) in [5.41, 5.74) is 4.77. The lowest BCUT2D eigenvalue weighted by Crippen LogP contribution is -2.62. The molecule has 2 bridgehead atoms. The molecule has 2 amide bonds. The van der Waals surface area contributed by atoms with E-state index in [9.17, 15) is 19.8 Å². The summed E-state index contributed by atoms with van der Waals surface area (Å²) in [6.45, 7) is 8.73. The van der Waals surface area contributed by atoms with Gasteiger partial charge >= 0.3 is 0 Å². The number of benzene rings is 3. The van der Waals surface area contributed by atoms with Crippen LogP contribution in [0.1, 0.15) is 62.0 Å². The van der Waals surface area contributed by atoms with Crippen LogP contribution in [0.2, 0.25) is 5.02 Å². The standard InChI is InChI=1S/C42H55ClN4O6/c1-24-34-19-30(42(34,3)4)20-35(24)45-41(51)38-37(25(2)49)36(23-48)53-47(38)22-29-16-31(43)21-33(39(29)52-7)27-15-28(18-32(17-27)46(5)6)40(50)44-14-13-26-11-9-8-10-12-26/h8-12,15-18,21,24-25,30,34-38,48-49H,13-14,19-20,22-23H2,1-7H3,(H,44,50)(H,45,51)/t24-,25-,30-,34+,35-,36-,37+,38-/m0/s1. The molecule has 4 aliphatic rings. The summed E-state index contributed by atoms with van der Waals surface area (Å²) in [7, 11) is 5.41. The van der Waals surface area contributed by atoms with E-state index >= 15 is 0 Å². The fourth-order valence-corrected chi connectivity index (χ4v) is 9.34. The lowest BCUT2D eigenvalue weighted by atomic mass is 9.45. The van der Waals surface area contributed by atoms with E-state index in [2.05, 4.69) is 31.4 Å². The molecule has 11 heteroatoms. The molecule has 10 nitrogen and oxygen atoms in total. The molecule has 53 heavy (non-hydrogen) atoms. The Hall–Kier alpha value is -3.67. The van der Waals surface area contributed by atoms with Crippen LogP contribution in [0.3, 0.4) is 0 Å². The van der Waals surface area contributed by atoms with Crippen LogP contribution in [0.5, 0.6) is 5.75 Å². The Kier molecular flexibility index (Phi) is 11.8. The lowest BCUT2D eigenvalue weighted by molar-refractivity contribution is -0.183. The summed E-state index contributed by atoms with van der Waals surface area (Å²) in [5.74, 6) is 0.828. The average Bonchev–Trinajstić information content (AvgIpc) is 3.50. The first-order chi connectivity index (χ1) is 25.2. The smallest absolute Gasteiger partial charge is 0.251 e. The molecule has 8 atom stereocenters. The Morgan fingerprint density at radius 2 is 1.85 bits per heavy atom. The topological polar surface area (TPSA) is 124 Å². The number of methoxy groups -OCH3 is 1. The highest BCUT2D eigenvalue weighted by Gasteiger charge is 2.57. The minimum Gasteiger partial charge on any atom is -0.496 e. The minimum absolute atomic E-state index is 0.0185. The van der Waals surface area contributed by atoms with Crippen LogP contribution in [-0.4, -0.2) is 85.7 Å². The van der Waals surface area contributed by atoms with Crippen LogP contribution in [0.15, 0.2) is 60.7 Å². The number of fused-ring (bicyclic) bond motifs is 2. The number of carbonyl (C=O) groups excluding carboxylic acids is 2. The Balaban J connectivity index is 1.29. The lowest BCUT2D eigenvalue weighted by Gasteiger charge is -2.62. The van der Waals surface area contributed by atoms with Gasteiger partial charge in [-0.25, -0.2) is 0 Å². The van der Waals surface area contributed by atoms with Crippen molar-refractivity contribution in [3.8, 4) is 16.9 Å². The first-order valence-corrected chi connectivity index (χ1v) is 19.1. The van der Waals surface area contributed by atoms with E-state index in [-0.39, 0.29) is 36.4 Å². The second-order valence-corrected chi connectivity index (χ2v) is 16.5. The highest BCUT2D eigenvalue weighted by molar-refractivity contribution is 6.31. The van der Waals surface area contributed by atoms with E-state index in [1.165, 1.54) is 6.42 Å². The number of nitrogens with zero attached hydrogens (tertiary/aromatic N) is 2. The molecule has 4 fully saturated rings. The fraction of sp³-hybridized carbons (Fsp3) is 0.524. The number of hydrogen-bond donors (Lipinski definition) is 4. The molecule has 4 N–H and O–H groups in total. The Morgan fingerprint density at radius 3 is 2.47 bits per heavy atom. The SMILES string of the molecule is COc1c(CN2O[C@@H](CO)[C@@H]([C@H](C)O)[C@H]2C(=O)N[C@H]2C[C@@H]3C[C@H]([C@@H]2C)C3(C)C)cc(Cl)cc1-c1cc(C(=O)NCCc2ccccc2)cc(N(C)C)c1. The zero-order valence-corrected chi connectivity index (χ0v) is 32.7. The van der Waals surface area contributed by atoms with Gasteiger partial charge < -0.3 is 30.5 Å². The molecular weight excluding hydrogens is 692 g/mol. The molecule has 1 saturated heterocycles. The third kappa shape index (κ3) is 7.94. The number of hydroxylamine groups is 2. The third-order valence-electron chi connectivity index (χ3n) is 12.3. The van der Waals surface area contributed by atoms with Crippen molar-refractivity contribution in [2.24, 2.45) is 29.1 Å². The van der Waals surface area contributed by atoms with Crippen molar-refractivity contribution < 1.29 is 29.4 Å². The van der Waals surface area contributed by atoms with Gasteiger partial charge in [0.05, 0.1) is 26.4 Å². The first-order valence-electron chi connectivity index (χ1n) is 18.8. The summed E-state index contributed by atoms with van der Waals surface area (Å²) in [6.07, 6.45) is 1.11. The predicted octanol–water partition coefficient (Wildman–Crippen LogP) is 5.71. The largest absolute Gasteiger partial charge is 0.496 e. The van der Waals surface area contributed by atoms with Gasteiger partial charge in [-0.1, -0.05) is 62.7 Å². The highest BCUT2D eigenvalue weighted by atomic mass is 35.5. The number of aliphatic hydroxyl groups is 2. The Morgan fingerprint density at radius 1 is 1.11 bits per heavy atom. The van der Waals surface area contributed by atoms with E-state index in [1.807, 2.05) is 67.5 Å². The molecule has 1 heterocycles. The van der Waals surface area contributed by atoms with E-state index in [4.69, 9.17) is 21.2 Å². The Bertz CT molecular complexity index is 1780. The highest BCUT2D eigenvalue weighted by Crippen LogP contribution is 2.61. The number of carbonyl (C=O) groups is 2.